The third kappa shape index (κ3) is 3.86. The van der Waals surface area contributed by atoms with Gasteiger partial charge in [0.2, 0.25) is 0 Å². The summed E-state index contributed by atoms with van der Waals surface area (Å²) in [5, 5.41) is 0. The molecule has 2 heteroatoms. The van der Waals surface area contributed by atoms with Crippen molar-refractivity contribution in [1.29, 1.82) is 0 Å². The molecule has 1 saturated carbocycles. The lowest BCUT2D eigenvalue weighted by molar-refractivity contribution is -0.162. The molecule has 0 N–H and O–H groups in total. The Morgan fingerprint density at radius 2 is 1.72 bits per heavy atom. The van der Waals surface area contributed by atoms with Gasteiger partial charge in [-0.05, 0) is 39.7 Å². The van der Waals surface area contributed by atoms with E-state index in [1.807, 2.05) is 20.8 Å². The van der Waals surface area contributed by atoms with Gasteiger partial charge in [0.25, 0.3) is 0 Å². The molecule has 0 saturated heterocycles. The Morgan fingerprint density at radius 3 is 2.11 bits per heavy atom. The fourth-order valence-electron chi connectivity index (χ4n) is 2.38. The highest BCUT2D eigenvalue weighted by atomic mass is 16.5. The molecule has 18 heavy (non-hydrogen) atoms. The zero-order valence-corrected chi connectivity index (χ0v) is 12.8. The van der Waals surface area contributed by atoms with E-state index in [1.165, 1.54) is 5.57 Å². The molecule has 0 amide bonds. The first-order valence-electron chi connectivity index (χ1n) is 7.01. The average Bonchev–Trinajstić information content (AvgIpc) is 2.63. The third-order valence-electron chi connectivity index (χ3n) is 3.77. The summed E-state index contributed by atoms with van der Waals surface area (Å²) in [6.07, 6.45) is 6.17. The fourth-order valence-corrected chi connectivity index (χ4v) is 2.38. The van der Waals surface area contributed by atoms with Gasteiger partial charge in [-0.25, -0.2) is 0 Å². The van der Waals surface area contributed by atoms with Crippen molar-refractivity contribution >= 4 is 5.97 Å². The van der Waals surface area contributed by atoms with E-state index < -0.39 is 0 Å². The predicted molar refractivity (Wildman–Crippen MR) is 75.3 cm³/mol. The fraction of sp³-hybridized carbons (Fsp3) is 0.812. The molecular weight excluding hydrogens is 224 g/mol. The maximum atomic E-state index is 12.4. The van der Waals surface area contributed by atoms with Gasteiger partial charge in [0.15, 0.2) is 0 Å². The van der Waals surface area contributed by atoms with Crippen LogP contribution < -0.4 is 0 Å². The van der Waals surface area contributed by atoms with Crippen molar-refractivity contribution in [1.82, 2.24) is 0 Å². The quantitative estimate of drug-likeness (QED) is 0.546. The molecule has 1 rings (SSSR count). The molecule has 0 bridgehead atoms. The standard InChI is InChI=1S/C16H28O2/c1-12(2)11-13(15(3,4)5)18-14(17)16(6)9-7-8-10-16/h11,13H,7-10H2,1-6H3. The molecule has 0 aromatic rings. The first kappa shape index (κ1) is 15.3. The Bertz CT molecular complexity index is 323. The van der Waals surface area contributed by atoms with Gasteiger partial charge in [-0.1, -0.05) is 39.2 Å². The topological polar surface area (TPSA) is 26.3 Å². The summed E-state index contributed by atoms with van der Waals surface area (Å²) in [6, 6.07) is 0. The van der Waals surface area contributed by atoms with E-state index in [0.717, 1.165) is 25.7 Å². The Morgan fingerprint density at radius 1 is 1.22 bits per heavy atom. The highest BCUT2D eigenvalue weighted by Crippen LogP contribution is 2.39. The number of allylic oxidation sites excluding steroid dienone is 1. The number of esters is 1. The SMILES string of the molecule is CC(C)=CC(OC(=O)C1(C)CCCC1)C(C)(C)C. The Labute approximate surface area is 112 Å². The van der Waals surface area contributed by atoms with Crippen LogP contribution in [-0.4, -0.2) is 12.1 Å². The summed E-state index contributed by atoms with van der Waals surface area (Å²) >= 11 is 0. The number of hydrogen-bond acceptors (Lipinski definition) is 2. The molecule has 0 aromatic heterocycles. The van der Waals surface area contributed by atoms with Crippen LogP contribution >= 0.6 is 0 Å². The Balaban J connectivity index is 2.78. The van der Waals surface area contributed by atoms with Gasteiger partial charge >= 0.3 is 5.97 Å². The lowest BCUT2D eigenvalue weighted by Crippen LogP contribution is -2.36. The molecule has 0 aromatic carbocycles. The average molecular weight is 252 g/mol. The molecule has 1 fully saturated rings. The van der Waals surface area contributed by atoms with Crippen molar-refractivity contribution in [2.24, 2.45) is 10.8 Å². The summed E-state index contributed by atoms with van der Waals surface area (Å²) in [7, 11) is 0. The van der Waals surface area contributed by atoms with Crippen molar-refractivity contribution in [3.8, 4) is 0 Å². The molecule has 1 aliphatic carbocycles. The van der Waals surface area contributed by atoms with Crippen molar-refractivity contribution < 1.29 is 9.53 Å². The number of carbonyl (C=O) groups excluding carboxylic acids is 1. The molecule has 104 valence electrons. The summed E-state index contributed by atoms with van der Waals surface area (Å²) in [6.45, 7) is 12.5. The number of carbonyl (C=O) groups is 1. The van der Waals surface area contributed by atoms with Gasteiger partial charge in [-0.15, -0.1) is 0 Å². The Kier molecular flexibility index (Phi) is 4.63. The van der Waals surface area contributed by atoms with Gasteiger partial charge in [-0.3, -0.25) is 4.79 Å². The molecule has 2 nitrogen and oxygen atoms in total. The third-order valence-corrected chi connectivity index (χ3v) is 3.77. The van der Waals surface area contributed by atoms with Crippen molar-refractivity contribution in [2.75, 3.05) is 0 Å². The molecular formula is C16H28O2. The zero-order valence-electron chi connectivity index (χ0n) is 12.8. The Hall–Kier alpha value is -0.790. The summed E-state index contributed by atoms with van der Waals surface area (Å²) < 4.78 is 5.80. The van der Waals surface area contributed by atoms with Gasteiger partial charge in [-0.2, -0.15) is 0 Å². The predicted octanol–water partition coefficient (Wildman–Crippen LogP) is 4.49. The lowest BCUT2D eigenvalue weighted by atomic mass is 9.86. The monoisotopic (exact) mass is 252 g/mol. The normalized spacial score (nSPS) is 20.3. The van der Waals surface area contributed by atoms with Crippen molar-refractivity contribution in [3.63, 3.8) is 0 Å². The van der Waals surface area contributed by atoms with E-state index in [1.54, 1.807) is 0 Å². The van der Waals surface area contributed by atoms with E-state index in [-0.39, 0.29) is 22.9 Å². The summed E-state index contributed by atoms with van der Waals surface area (Å²) in [5.74, 6) is -0.0163. The van der Waals surface area contributed by atoms with E-state index in [0.29, 0.717) is 0 Å². The second-order valence-corrected chi connectivity index (χ2v) is 7.20. The lowest BCUT2D eigenvalue weighted by Gasteiger charge is -2.32. The highest BCUT2D eigenvalue weighted by molar-refractivity contribution is 5.77. The maximum Gasteiger partial charge on any atom is 0.312 e. The van der Waals surface area contributed by atoms with Gasteiger partial charge in [0.05, 0.1) is 5.41 Å². The zero-order chi connectivity index (χ0) is 14.0. The second kappa shape index (κ2) is 5.46. The molecule has 0 spiro atoms. The largest absolute Gasteiger partial charge is 0.457 e. The van der Waals surface area contributed by atoms with Crippen LogP contribution in [0.1, 0.15) is 67.2 Å². The minimum Gasteiger partial charge on any atom is -0.457 e. The van der Waals surface area contributed by atoms with E-state index in [2.05, 4.69) is 26.8 Å². The minimum atomic E-state index is -0.251. The van der Waals surface area contributed by atoms with Crippen LogP contribution in [0.15, 0.2) is 11.6 Å². The minimum absolute atomic E-state index is 0.0163. The first-order valence-corrected chi connectivity index (χ1v) is 7.01. The molecule has 0 aliphatic heterocycles. The number of rotatable bonds is 3. The summed E-state index contributed by atoms with van der Waals surface area (Å²) in [4.78, 5) is 12.4. The van der Waals surface area contributed by atoms with Crippen LogP contribution in [0, 0.1) is 10.8 Å². The first-order chi connectivity index (χ1) is 8.15. The summed E-state index contributed by atoms with van der Waals surface area (Å²) in [5.41, 5.74) is 0.889. The van der Waals surface area contributed by atoms with Gasteiger partial charge < -0.3 is 4.74 Å². The van der Waals surface area contributed by atoms with Gasteiger partial charge in [0, 0.05) is 5.41 Å². The van der Waals surface area contributed by atoms with E-state index in [9.17, 15) is 4.79 Å². The molecule has 1 atom stereocenters. The molecule has 0 heterocycles. The smallest absolute Gasteiger partial charge is 0.312 e. The number of hydrogen-bond donors (Lipinski definition) is 0. The highest BCUT2D eigenvalue weighted by Gasteiger charge is 2.40. The van der Waals surface area contributed by atoms with Crippen molar-refractivity contribution in [2.45, 2.75) is 73.3 Å². The molecule has 1 aliphatic rings. The molecule has 1 unspecified atom stereocenters. The van der Waals surface area contributed by atoms with Gasteiger partial charge in [0.1, 0.15) is 6.10 Å². The van der Waals surface area contributed by atoms with Crippen LogP contribution in [-0.2, 0) is 9.53 Å². The van der Waals surface area contributed by atoms with Crippen LogP contribution in [0.2, 0.25) is 0 Å². The van der Waals surface area contributed by atoms with Crippen molar-refractivity contribution in [3.05, 3.63) is 11.6 Å². The van der Waals surface area contributed by atoms with E-state index >= 15 is 0 Å². The maximum absolute atomic E-state index is 12.4. The van der Waals surface area contributed by atoms with Crippen LogP contribution in [0.4, 0.5) is 0 Å². The van der Waals surface area contributed by atoms with Crippen LogP contribution in [0.3, 0.4) is 0 Å². The number of ether oxygens (including phenoxy) is 1. The van der Waals surface area contributed by atoms with Crippen LogP contribution in [0.25, 0.3) is 0 Å². The van der Waals surface area contributed by atoms with Crippen LogP contribution in [0.5, 0.6) is 0 Å². The second-order valence-electron chi connectivity index (χ2n) is 7.20. The van der Waals surface area contributed by atoms with E-state index in [4.69, 9.17) is 4.74 Å². The molecule has 0 radical (unpaired) electrons.